The van der Waals surface area contributed by atoms with Crippen molar-refractivity contribution in [2.45, 2.75) is 128 Å². The van der Waals surface area contributed by atoms with E-state index in [0.29, 0.717) is 4.48 Å². The van der Waals surface area contributed by atoms with Crippen LogP contribution in [-0.2, 0) is 9.13 Å². The van der Waals surface area contributed by atoms with Crippen LogP contribution in [-0.4, -0.2) is 30.9 Å². The summed E-state index contributed by atoms with van der Waals surface area (Å²) in [6.07, 6.45) is 25.2. The number of hydrogen-bond acceptors (Lipinski definition) is 2. The lowest BCUT2D eigenvalue weighted by Gasteiger charge is -2.41. The van der Waals surface area contributed by atoms with E-state index in [0.717, 1.165) is 25.7 Å². The van der Waals surface area contributed by atoms with Gasteiger partial charge in [0.25, 0.3) is 0 Å². The first-order valence-electron chi connectivity index (χ1n) is 12.4. The highest BCUT2D eigenvalue weighted by Gasteiger charge is 2.47. The second-order valence-corrected chi connectivity index (χ2v) is 11.0. The van der Waals surface area contributed by atoms with Crippen molar-refractivity contribution in [1.82, 2.24) is 0 Å². The Morgan fingerprint density at radius 1 is 0.621 bits per heavy atom. The minimum Gasteiger partial charge on any atom is -0.314 e. The van der Waals surface area contributed by atoms with Gasteiger partial charge < -0.3 is 4.48 Å². The summed E-state index contributed by atoms with van der Waals surface area (Å²) in [5.41, 5.74) is 0. The SMILES string of the molecule is CCCCC=CCCCCCCCCCCCCC(CCC)(P(=O)=O)[N+](C)(C)C. The first kappa shape index (κ1) is 28.6. The highest BCUT2D eigenvalue weighted by atomic mass is 31.1. The van der Waals surface area contributed by atoms with Crippen LogP contribution in [0.2, 0.25) is 0 Å². The van der Waals surface area contributed by atoms with Gasteiger partial charge in [-0.1, -0.05) is 90.2 Å². The summed E-state index contributed by atoms with van der Waals surface area (Å²) in [4.78, 5) is 0. The van der Waals surface area contributed by atoms with Gasteiger partial charge in [0.05, 0.1) is 21.1 Å². The summed E-state index contributed by atoms with van der Waals surface area (Å²) < 4.78 is 24.7. The molecular weight excluding hydrogens is 377 g/mol. The van der Waals surface area contributed by atoms with Gasteiger partial charge in [0.2, 0.25) is 5.28 Å². The summed E-state index contributed by atoms with van der Waals surface area (Å²) in [7, 11) is 3.68. The number of rotatable bonds is 20. The molecule has 0 amide bonds. The van der Waals surface area contributed by atoms with E-state index >= 15 is 0 Å². The fourth-order valence-electron chi connectivity index (χ4n) is 4.27. The van der Waals surface area contributed by atoms with Gasteiger partial charge >= 0.3 is 7.68 Å². The zero-order valence-electron chi connectivity index (χ0n) is 20.4. The average Bonchev–Trinajstić information content (AvgIpc) is 2.65. The molecule has 3 nitrogen and oxygen atoms in total. The molecule has 172 valence electrons. The molecule has 0 aliphatic rings. The molecule has 0 N–H and O–H groups in total. The summed E-state index contributed by atoms with van der Waals surface area (Å²) in [6, 6.07) is 0. The van der Waals surface area contributed by atoms with Crippen LogP contribution in [0.3, 0.4) is 0 Å². The zero-order chi connectivity index (χ0) is 22.0. The minimum absolute atomic E-state index is 0.522. The van der Waals surface area contributed by atoms with Crippen molar-refractivity contribution in [3.05, 3.63) is 12.2 Å². The largest absolute Gasteiger partial charge is 0.378 e. The Balaban J connectivity index is 3.73. The van der Waals surface area contributed by atoms with Gasteiger partial charge in [0, 0.05) is 12.8 Å². The third kappa shape index (κ3) is 12.8. The van der Waals surface area contributed by atoms with Crippen LogP contribution in [0.4, 0.5) is 0 Å². The molecule has 1 unspecified atom stereocenters. The Kier molecular flexibility index (Phi) is 17.1. The van der Waals surface area contributed by atoms with Gasteiger partial charge in [0.1, 0.15) is 0 Å². The standard InChI is InChI=1S/C25H51NO2P/c1-6-8-9-10-11-12-13-14-15-16-17-18-19-20-21-22-24-25(23-7-2,29(27)28)26(3,4)5/h10-11H,6-9,12-24H2,1-5H3/q+1. The van der Waals surface area contributed by atoms with Crippen molar-refractivity contribution in [3.8, 4) is 0 Å². The molecular formula is C25H51NO2P+. The number of allylic oxidation sites excluding steroid dienone is 2. The number of unbranched alkanes of at least 4 members (excludes halogenated alkanes) is 12. The number of hydrogen-bond donors (Lipinski definition) is 0. The van der Waals surface area contributed by atoms with Crippen LogP contribution in [0.25, 0.3) is 0 Å². The molecule has 4 heteroatoms. The molecule has 0 aromatic carbocycles. The molecule has 0 fully saturated rings. The maximum Gasteiger partial charge on any atom is 0.378 e. The maximum atomic E-state index is 12.1. The van der Waals surface area contributed by atoms with Crippen molar-refractivity contribution in [3.63, 3.8) is 0 Å². The molecule has 0 aromatic rings. The highest BCUT2D eigenvalue weighted by Crippen LogP contribution is 2.44. The average molecular weight is 429 g/mol. The summed E-state index contributed by atoms with van der Waals surface area (Å²) >= 11 is 0. The van der Waals surface area contributed by atoms with E-state index < -0.39 is 13.0 Å². The normalized spacial score (nSPS) is 14.4. The van der Waals surface area contributed by atoms with Crippen molar-refractivity contribution >= 4 is 7.68 Å². The fraction of sp³-hybridized carbons (Fsp3) is 0.920. The highest BCUT2D eigenvalue weighted by molar-refractivity contribution is 7.32. The topological polar surface area (TPSA) is 34.1 Å². The molecule has 0 spiro atoms. The smallest absolute Gasteiger partial charge is 0.314 e. The second-order valence-electron chi connectivity index (χ2n) is 9.69. The summed E-state index contributed by atoms with van der Waals surface area (Å²) in [6.45, 7) is 4.34. The van der Waals surface area contributed by atoms with Gasteiger partial charge in [-0.2, -0.15) is 0 Å². The predicted octanol–water partition coefficient (Wildman–Crippen LogP) is 8.79. The van der Waals surface area contributed by atoms with Crippen molar-refractivity contribution in [1.29, 1.82) is 0 Å². The molecule has 0 saturated carbocycles. The van der Waals surface area contributed by atoms with E-state index in [1.54, 1.807) is 0 Å². The molecule has 29 heavy (non-hydrogen) atoms. The van der Waals surface area contributed by atoms with E-state index in [-0.39, 0.29) is 0 Å². The molecule has 0 aliphatic carbocycles. The van der Waals surface area contributed by atoms with Crippen LogP contribution < -0.4 is 0 Å². The molecule has 0 bridgehead atoms. The fourth-order valence-corrected chi connectivity index (χ4v) is 5.50. The molecule has 1 atom stereocenters. The van der Waals surface area contributed by atoms with Crippen LogP contribution in [0, 0.1) is 0 Å². The Bertz CT molecular complexity index is 472. The van der Waals surface area contributed by atoms with Crippen LogP contribution in [0.1, 0.15) is 123 Å². The third-order valence-corrected chi connectivity index (χ3v) is 8.05. The van der Waals surface area contributed by atoms with Gasteiger partial charge in [-0.05, 0) is 32.1 Å². The molecule has 0 rings (SSSR count). The lowest BCUT2D eigenvalue weighted by Crippen LogP contribution is -2.53. The van der Waals surface area contributed by atoms with Crippen LogP contribution >= 0.6 is 7.68 Å². The number of quaternary nitrogens is 1. The van der Waals surface area contributed by atoms with Crippen LogP contribution in [0.15, 0.2) is 12.2 Å². The van der Waals surface area contributed by atoms with Gasteiger partial charge in [-0.3, -0.25) is 0 Å². The molecule has 0 radical (unpaired) electrons. The Hall–Kier alpha value is -0.400. The van der Waals surface area contributed by atoms with E-state index in [4.69, 9.17) is 0 Å². The lowest BCUT2D eigenvalue weighted by molar-refractivity contribution is -0.908. The number of nitrogens with zero attached hydrogens (tertiary/aromatic N) is 1. The Morgan fingerprint density at radius 3 is 1.48 bits per heavy atom. The van der Waals surface area contributed by atoms with Gasteiger partial charge in [-0.25, -0.2) is 9.13 Å². The lowest BCUT2D eigenvalue weighted by atomic mass is 9.99. The van der Waals surface area contributed by atoms with Crippen molar-refractivity contribution in [2.75, 3.05) is 21.1 Å². The molecule has 0 aliphatic heterocycles. The summed E-state index contributed by atoms with van der Waals surface area (Å²) in [5.74, 6) is 0. The predicted molar refractivity (Wildman–Crippen MR) is 128 cm³/mol. The first-order chi connectivity index (χ1) is 13.8. The van der Waals surface area contributed by atoms with Gasteiger partial charge in [-0.15, -0.1) is 0 Å². The van der Waals surface area contributed by atoms with Gasteiger partial charge in [0.15, 0.2) is 0 Å². The second kappa shape index (κ2) is 17.3. The maximum absolute atomic E-state index is 12.1. The third-order valence-electron chi connectivity index (χ3n) is 6.33. The van der Waals surface area contributed by atoms with Crippen LogP contribution in [0.5, 0.6) is 0 Å². The monoisotopic (exact) mass is 428 g/mol. The Labute approximate surface area is 183 Å². The molecule has 0 saturated heterocycles. The van der Waals surface area contributed by atoms with E-state index in [2.05, 4.69) is 26.0 Å². The minimum atomic E-state index is -2.42. The first-order valence-corrected chi connectivity index (χ1v) is 13.6. The Morgan fingerprint density at radius 2 is 1.07 bits per heavy atom. The molecule has 0 aromatic heterocycles. The van der Waals surface area contributed by atoms with E-state index in [9.17, 15) is 9.13 Å². The van der Waals surface area contributed by atoms with E-state index in [1.807, 2.05) is 21.1 Å². The van der Waals surface area contributed by atoms with Crippen molar-refractivity contribution < 1.29 is 13.6 Å². The molecule has 0 heterocycles. The quantitative estimate of drug-likeness (QED) is 0.0840. The summed E-state index contributed by atoms with van der Waals surface area (Å²) in [5, 5.41) is -0.588. The van der Waals surface area contributed by atoms with Crippen molar-refractivity contribution in [2.24, 2.45) is 0 Å². The zero-order valence-corrected chi connectivity index (χ0v) is 21.3. The van der Waals surface area contributed by atoms with E-state index in [1.165, 1.54) is 83.5 Å².